The minimum Gasteiger partial charge on any atom is -0.478 e. The standard InChI is InChI=1S/C5H2Br3F3O2/c6-4(7,8)2(1-3(12)13)5(9,10)11/h1H,(H,12,13)/b2-1+. The number of carboxylic acids is 1. The van der Waals surface area contributed by atoms with E-state index in [0.29, 0.717) is 0 Å². The van der Waals surface area contributed by atoms with Crippen molar-refractivity contribution in [3.63, 3.8) is 0 Å². The topological polar surface area (TPSA) is 37.3 Å². The Kier molecular flexibility index (Phi) is 4.45. The Balaban J connectivity index is 5.13. The Labute approximate surface area is 96.6 Å². The lowest BCUT2D eigenvalue weighted by molar-refractivity contribution is -0.132. The van der Waals surface area contributed by atoms with Crippen LogP contribution in [0.4, 0.5) is 13.2 Å². The van der Waals surface area contributed by atoms with Gasteiger partial charge in [0.1, 0.15) is 0 Å². The smallest absolute Gasteiger partial charge is 0.415 e. The van der Waals surface area contributed by atoms with Crippen molar-refractivity contribution in [2.24, 2.45) is 0 Å². The predicted molar refractivity (Wildman–Crippen MR) is 51.3 cm³/mol. The summed E-state index contributed by atoms with van der Waals surface area (Å²) in [7, 11) is 0. The molecule has 0 rings (SSSR count). The summed E-state index contributed by atoms with van der Waals surface area (Å²) in [5.74, 6) is -1.67. The molecule has 13 heavy (non-hydrogen) atoms. The average Bonchev–Trinajstić information content (AvgIpc) is 1.77. The summed E-state index contributed by atoms with van der Waals surface area (Å²) in [6, 6.07) is 0. The van der Waals surface area contributed by atoms with Crippen LogP contribution >= 0.6 is 47.8 Å². The number of carboxylic acid groups (broad SMARTS) is 1. The van der Waals surface area contributed by atoms with Gasteiger partial charge >= 0.3 is 12.1 Å². The van der Waals surface area contributed by atoms with E-state index in [1.165, 1.54) is 0 Å². The fraction of sp³-hybridized carbons (Fsp3) is 0.400. The highest BCUT2D eigenvalue weighted by Gasteiger charge is 2.45. The van der Waals surface area contributed by atoms with Gasteiger partial charge in [0, 0.05) is 6.08 Å². The molecule has 0 saturated carbocycles. The second-order valence-electron chi connectivity index (χ2n) is 1.89. The van der Waals surface area contributed by atoms with E-state index >= 15 is 0 Å². The quantitative estimate of drug-likeness (QED) is 0.550. The monoisotopic (exact) mass is 388 g/mol. The van der Waals surface area contributed by atoms with Crippen molar-refractivity contribution in [3.8, 4) is 0 Å². The van der Waals surface area contributed by atoms with Crippen LogP contribution < -0.4 is 0 Å². The van der Waals surface area contributed by atoms with E-state index < -0.39 is 19.9 Å². The van der Waals surface area contributed by atoms with Crippen LogP contribution in [0.15, 0.2) is 11.6 Å². The van der Waals surface area contributed by atoms with E-state index in [1.807, 2.05) is 0 Å². The number of carbonyl (C=O) groups is 1. The summed E-state index contributed by atoms with van der Waals surface area (Å²) in [6.07, 6.45) is -4.66. The van der Waals surface area contributed by atoms with Crippen LogP contribution in [0.2, 0.25) is 0 Å². The molecule has 0 amide bonds. The molecular formula is C5H2Br3F3O2. The normalized spacial score (nSPS) is 14.5. The van der Waals surface area contributed by atoms with Crippen molar-refractivity contribution >= 4 is 53.8 Å². The Bertz CT molecular complexity index is 224. The maximum absolute atomic E-state index is 12.2. The molecule has 0 atom stereocenters. The number of rotatable bonds is 1. The zero-order chi connectivity index (χ0) is 10.9. The lowest BCUT2D eigenvalue weighted by Crippen LogP contribution is -2.23. The van der Waals surface area contributed by atoms with E-state index in [1.54, 1.807) is 0 Å². The predicted octanol–water partition coefficient (Wildman–Crippen LogP) is 3.40. The zero-order valence-electron chi connectivity index (χ0n) is 5.70. The molecule has 0 bridgehead atoms. The van der Waals surface area contributed by atoms with Crippen molar-refractivity contribution in [2.75, 3.05) is 0 Å². The molecule has 0 radical (unpaired) electrons. The fourth-order valence-electron chi connectivity index (χ4n) is 0.448. The van der Waals surface area contributed by atoms with Gasteiger partial charge in [0.2, 0.25) is 0 Å². The molecule has 0 aliphatic carbocycles. The van der Waals surface area contributed by atoms with Gasteiger partial charge in [-0.3, -0.25) is 0 Å². The lowest BCUT2D eigenvalue weighted by Gasteiger charge is -2.18. The summed E-state index contributed by atoms with van der Waals surface area (Å²) in [6.45, 7) is 0. The van der Waals surface area contributed by atoms with Crippen LogP contribution in [-0.2, 0) is 4.79 Å². The highest BCUT2D eigenvalue weighted by molar-refractivity contribution is 9.39. The number of alkyl halides is 6. The molecule has 0 fully saturated rings. The third kappa shape index (κ3) is 5.02. The maximum atomic E-state index is 12.2. The first-order valence-corrected chi connectivity index (χ1v) is 5.02. The molecule has 0 aliphatic heterocycles. The molecule has 8 heteroatoms. The van der Waals surface area contributed by atoms with Crippen molar-refractivity contribution in [1.82, 2.24) is 0 Å². The maximum Gasteiger partial charge on any atom is 0.415 e. The van der Waals surface area contributed by atoms with E-state index in [4.69, 9.17) is 5.11 Å². The Morgan fingerprint density at radius 2 is 1.62 bits per heavy atom. The molecule has 0 spiro atoms. The third-order valence-corrected chi connectivity index (χ3v) is 2.16. The number of aliphatic carboxylic acids is 1. The Morgan fingerprint density at radius 3 is 1.69 bits per heavy atom. The minimum atomic E-state index is -4.73. The van der Waals surface area contributed by atoms with Gasteiger partial charge in [0.15, 0.2) is 2.14 Å². The van der Waals surface area contributed by atoms with Crippen LogP contribution in [0.3, 0.4) is 0 Å². The van der Waals surface area contributed by atoms with Crippen LogP contribution in [0.5, 0.6) is 0 Å². The largest absolute Gasteiger partial charge is 0.478 e. The van der Waals surface area contributed by atoms with E-state index in [-0.39, 0.29) is 6.08 Å². The molecule has 0 aromatic carbocycles. The first-order chi connectivity index (χ1) is 5.55. The second-order valence-corrected chi connectivity index (χ2v) is 8.65. The highest BCUT2D eigenvalue weighted by atomic mass is 80.0. The van der Waals surface area contributed by atoms with Crippen LogP contribution in [0, 0.1) is 0 Å². The number of allylic oxidation sites excluding steroid dienone is 1. The first-order valence-electron chi connectivity index (χ1n) is 2.64. The molecule has 1 N–H and O–H groups in total. The number of halogens is 6. The van der Waals surface area contributed by atoms with E-state index in [9.17, 15) is 18.0 Å². The zero-order valence-corrected chi connectivity index (χ0v) is 10.5. The summed E-state index contributed by atoms with van der Waals surface area (Å²) in [4.78, 5) is 10.1. The van der Waals surface area contributed by atoms with E-state index in [2.05, 4.69) is 47.8 Å². The molecule has 0 saturated heterocycles. The molecule has 0 aromatic heterocycles. The van der Waals surface area contributed by atoms with Gasteiger partial charge in [-0.2, -0.15) is 13.2 Å². The summed E-state index contributed by atoms with van der Waals surface area (Å²) >= 11 is 7.77. The summed E-state index contributed by atoms with van der Waals surface area (Å²) < 4.78 is 34.7. The minimum absolute atomic E-state index is 0.0677. The molecule has 0 heterocycles. The van der Waals surface area contributed by atoms with Crippen molar-refractivity contribution < 1.29 is 23.1 Å². The van der Waals surface area contributed by atoms with Gasteiger partial charge in [-0.15, -0.1) is 0 Å². The van der Waals surface area contributed by atoms with Gasteiger partial charge in [-0.25, -0.2) is 4.79 Å². The van der Waals surface area contributed by atoms with Crippen LogP contribution in [0.25, 0.3) is 0 Å². The summed E-state index contributed by atoms with van der Waals surface area (Å²) in [5, 5.41) is 8.17. The number of hydrogen-bond acceptors (Lipinski definition) is 1. The SMILES string of the molecule is O=C(O)/C=C(/C(F)(F)F)C(Br)(Br)Br. The first kappa shape index (κ1) is 13.4. The molecule has 2 nitrogen and oxygen atoms in total. The Hall–Kier alpha value is 0.440. The van der Waals surface area contributed by atoms with Crippen molar-refractivity contribution in [1.29, 1.82) is 0 Å². The van der Waals surface area contributed by atoms with E-state index in [0.717, 1.165) is 0 Å². The number of hydrogen-bond donors (Lipinski definition) is 1. The summed E-state index contributed by atoms with van der Waals surface area (Å²) in [5.41, 5.74) is -1.28. The van der Waals surface area contributed by atoms with Gasteiger partial charge in [-0.05, 0) is 0 Å². The highest BCUT2D eigenvalue weighted by Crippen LogP contribution is 2.47. The Morgan fingerprint density at radius 1 is 1.23 bits per heavy atom. The fourth-order valence-corrected chi connectivity index (χ4v) is 1.47. The average molecular weight is 391 g/mol. The molecule has 76 valence electrons. The second kappa shape index (κ2) is 4.31. The van der Waals surface area contributed by atoms with Gasteiger partial charge in [0.25, 0.3) is 0 Å². The molecule has 0 aromatic rings. The lowest BCUT2D eigenvalue weighted by atomic mass is 10.3. The van der Waals surface area contributed by atoms with Gasteiger partial charge in [-0.1, -0.05) is 47.8 Å². The van der Waals surface area contributed by atoms with Gasteiger partial charge in [0.05, 0.1) is 5.57 Å². The van der Waals surface area contributed by atoms with Gasteiger partial charge < -0.3 is 5.11 Å². The van der Waals surface area contributed by atoms with Crippen LogP contribution in [-0.4, -0.2) is 19.4 Å². The van der Waals surface area contributed by atoms with Crippen molar-refractivity contribution in [2.45, 2.75) is 8.32 Å². The van der Waals surface area contributed by atoms with Crippen molar-refractivity contribution in [3.05, 3.63) is 11.6 Å². The molecule has 0 unspecified atom stereocenters. The van der Waals surface area contributed by atoms with Crippen LogP contribution in [0.1, 0.15) is 0 Å². The molecular weight excluding hydrogens is 389 g/mol. The molecule has 0 aliphatic rings. The third-order valence-electron chi connectivity index (χ3n) is 0.879.